The van der Waals surface area contributed by atoms with Crippen molar-refractivity contribution in [1.29, 1.82) is 0 Å². The molecule has 21 heavy (non-hydrogen) atoms. The van der Waals surface area contributed by atoms with Gasteiger partial charge in [-0.25, -0.2) is 0 Å². The Labute approximate surface area is 120 Å². The van der Waals surface area contributed by atoms with Crippen LogP contribution in [0, 0.1) is 0 Å². The molecule has 1 fully saturated rings. The lowest BCUT2D eigenvalue weighted by Crippen LogP contribution is -2.43. The highest BCUT2D eigenvalue weighted by Gasteiger charge is 2.34. The van der Waals surface area contributed by atoms with Crippen LogP contribution in [0.5, 0.6) is 0 Å². The van der Waals surface area contributed by atoms with Gasteiger partial charge in [-0.05, 0) is 25.8 Å². The maximum Gasteiger partial charge on any atom is 0.435 e. The van der Waals surface area contributed by atoms with E-state index >= 15 is 0 Å². The molecule has 1 aromatic rings. The fraction of sp³-hybridized carbons (Fsp3) is 0.692. The molecule has 1 aliphatic heterocycles. The van der Waals surface area contributed by atoms with Gasteiger partial charge in [-0.15, -0.1) is 0 Å². The van der Waals surface area contributed by atoms with Crippen LogP contribution in [0.15, 0.2) is 12.3 Å². The second-order valence-electron chi connectivity index (χ2n) is 5.11. The summed E-state index contributed by atoms with van der Waals surface area (Å²) in [5.41, 5.74) is -0.881. The highest BCUT2D eigenvalue weighted by molar-refractivity contribution is 5.80. The molecule has 118 valence electrons. The van der Waals surface area contributed by atoms with Crippen LogP contribution in [-0.4, -0.2) is 46.9 Å². The van der Waals surface area contributed by atoms with Gasteiger partial charge < -0.3 is 9.64 Å². The van der Waals surface area contributed by atoms with Gasteiger partial charge in [0, 0.05) is 26.4 Å². The minimum atomic E-state index is -4.42. The predicted octanol–water partition coefficient (Wildman–Crippen LogP) is 2.10. The Morgan fingerprint density at radius 1 is 1.43 bits per heavy atom. The average molecular weight is 305 g/mol. The van der Waals surface area contributed by atoms with Crippen molar-refractivity contribution in [2.24, 2.45) is 0 Å². The van der Waals surface area contributed by atoms with Gasteiger partial charge >= 0.3 is 6.18 Å². The number of carbonyl (C=O) groups excluding carboxylic acids is 1. The number of carbonyl (C=O) groups is 1. The molecule has 1 aliphatic rings. The first kappa shape index (κ1) is 15.8. The number of hydrogen-bond acceptors (Lipinski definition) is 3. The average Bonchev–Trinajstić information content (AvgIpc) is 2.95. The van der Waals surface area contributed by atoms with Gasteiger partial charge in [-0.3, -0.25) is 9.48 Å². The monoisotopic (exact) mass is 305 g/mol. The van der Waals surface area contributed by atoms with E-state index in [1.54, 1.807) is 11.8 Å². The molecule has 1 unspecified atom stereocenters. The standard InChI is InChI=1S/C13H18F3N3O2/c1-9(21-2)12(20)18-6-3-10(4-7-18)19-8-5-11(17-19)13(14,15)16/h5,8-10H,3-4,6-7H2,1-2H3. The summed E-state index contributed by atoms with van der Waals surface area (Å²) in [6.07, 6.45) is -2.40. The summed E-state index contributed by atoms with van der Waals surface area (Å²) >= 11 is 0. The first-order valence-electron chi connectivity index (χ1n) is 6.77. The van der Waals surface area contributed by atoms with Gasteiger partial charge in [0.2, 0.25) is 0 Å². The summed E-state index contributed by atoms with van der Waals surface area (Å²) in [6, 6.07) is 0.868. The molecule has 0 radical (unpaired) electrons. The van der Waals surface area contributed by atoms with Crippen LogP contribution in [0.4, 0.5) is 13.2 Å². The Balaban J connectivity index is 1.95. The third-order valence-corrected chi connectivity index (χ3v) is 3.75. The molecular weight excluding hydrogens is 287 g/mol. The maximum absolute atomic E-state index is 12.5. The van der Waals surface area contributed by atoms with E-state index in [0.717, 1.165) is 6.07 Å². The maximum atomic E-state index is 12.5. The van der Waals surface area contributed by atoms with Crippen LogP contribution in [0.25, 0.3) is 0 Å². The van der Waals surface area contributed by atoms with Gasteiger partial charge in [0.15, 0.2) is 5.69 Å². The molecule has 2 heterocycles. The molecule has 5 nitrogen and oxygen atoms in total. The molecule has 0 N–H and O–H groups in total. The van der Waals surface area contributed by atoms with Gasteiger partial charge in [0.25, 0.3) is 5.91 Å². The summed E-state index contributed by atoms with van der Waals surface area (Å²) in [7, 11) is 1.47. The third kappa shape index (κ3) is 3.55. The number of ether oxygens (including phenoxy) is 1. The van der Waals surface area contributed by atoms with Crippen LogP contribution in [-0.2, 0) is 15.7 Å². The fourth-order valence-electron chi connectivity index (χ4n) is 2.40. The molecule has 2 rings (SSSR count). The molecule has 1 saturated heterocycles. The summed E-state index contributed by atoms with van der Waals surface area (Å²) in [4.78, 5) is 13.6. The molecule has 0 aromatic carbocycles. The van der Waals surface area contributed by atoms with Crippen molar-refractivity contribution < 1.29 is 22.7 Å². The van der Waals surface area contributed by atoms with Gasteiger partial charge in [0.05, 0.1) is 6.04 Å². The number of halogens is 3. The van der Waals surface area contributed by atoms with Crippen molar-refractivity contribution in [3.8, 4) is 0 Å². The molecule has 0 saturated carbocycles. The number of nitrogens with zero attached hydrogens (tertiary/aromatic N) is 3. The highest BCUT2D eigenvalue weighted by Crippen LogP contribution is 2.29. The summed E-state index contributed by atoms with van der Waals surface area (Å²) < 4.78 is 43.9. The van der Waals surface area contributed by atoms with Crippen LogP contribution in [0.3, 0.4) is 0 Å². The fourth-order valence-corrected chi connectivity index (χ4v) is 2.40. The molecule has 8 heteroatoms. The summed E-state index contributed by atoms with van der Waals surface area (Å²) in [5.74, 6) is -0.0904. The van der Waals surface area contributed by atoms with E-state index in [9.17, 15) is 18.0 Å². The Morgan fingerprint density at radius 2 is 2.05 bits per heavy atom. The molecule has 0 bridgehead atoms. The van der Waals surface area contributed by atoms with E-state index in [0.29, 0.717) is 25.9 Å². The number of piperidine rings is 1. The van der Waals surface area contributed by atoms with E-state index in [1.165, 1.54) is 18.0 Å². The van der Waals surface area contributed by atoms with E-state index in [4.69, 9.17) is 4.74 Å². The molecule has 1 atom stereocenters. The topological polar surface area (TPSA) is 47.4 Å². The molecule has 0 aliphatic carbocycles. The lowest BCUT2D eigenvalue weighted by Gasteiger charge is -2.33. The number of amides is 1. The number of methoxy groups -OCH3 is 1. The van der Waals surface area contributed by atoms with Crippen LogP contribution >= 0.6 is 0 Å². The smallest absolute Gasteiger partial charge is 0.372 e. The lowest BCUT2D eigenvalue weighted by molar-refractivity contribution is -0.142. The Hall–Kier alpha value is -1.57. The Bertz CT molecular complexity index is 493. The highest BCUT2D eigenvalue weighted by atomic mass is 19.4. The minimum Gasteiger partial charge on any atom is -0.372 e. The molecule has 1 amide bonds. The first-order valence-corrected chi connectivity index (χ1v) is 6.77. The largest absolute Gasteiger partial charge is 0.435 e. The van der Waals surface area contributed by atoms with E-state index < -0.39 is 18.0 Å². The SMILES string of the molecule is COC(C)C(=O)N1CCC(n2ccc(C(F)(F)F)n2)CC1. The number of rotatable bonds is 3. The summed E-state index contributed by atoms with van der Waals surface area (Å²) in [6.45, 7) is 2.67. The zero-order chi connectivity index (χ0) is 15.6. The number of aromatic nitrogens is 2. The third-order valence-electron chi connectivity index (χ3n) is 3.75. The predicted molar refractivity (Wildman–Crippen MR) is 68.6 cm³/mol. The zero-order valence-corrected chi connectivity index (χ0v) is 11.9. The number of hydrogen-bond donors (Lipinski definition) is 0. The molecule has 0 spiro atoms. The number of likely N-dealkylation sites (tertiary alicyclic amines) is 1. The van der Waals surface area contributed by atoms with Crippen molar-refractivity contribution in [1.82, 2.24) is 14.7 Å². The first-order chi connectivity index (χ1) is 9.82. The summed E-state index contributed by atoms with van der Waals surface area (Å²) in [5, 5.41) is 3.59. The lowest BCUT2D eigenvalue weighted by atomic mass is 10.0. The Kier molecular flexibility index (Phi) is 4.55. The van der Waals surface area contributed by atoms with E-state index in [2.05, 4.69) is 5.10 Å². The van der Waals surface area contributed by atoms with Crippen molar-refractivity contribution in [2.75, 3.05) is 20.2 Å². The van der Waals surface area contributed by atoms with E-state index in [-0.39, 0.29) is 11.9 Å². The molecular formula is C13H18F3N3O2. The van der Waals surface area contributed by atoms with Gasteiger partial charge in [-0.1, -0.05) is 0 Å². The zero-order valence-electron chi connectivity index (χ0n) is 11.9. The molecule has 1 aromatic heterocycles. The van der Waals surface area contributed by atoms with Gasteiger partial charge in [0.1, 0.15) is 6.10 Å². The van der Waals surface area contributed by atoms with Crippen molar-refractivity contribution in [3.05, 3.63) is 18.0 Å². The van der Waals surface area contributed by atoms with Crippen LogP contribution in [0.2, 0.25) is 0 Å². The normalized spacial score (nSPS) is 18.8. The second-order valence-corrected chi connectivity index (χ2v) is 5.11. The van der Waals surface area contributed by atoms with Crippen molar-refractivity contribution in [3.63, 3.8) is 0 Å². The van der Waals surface area contributed by atoms with Crippen molar-refractivity contribution in [2.45, 2.75) is 38.1 Å². The second kappa shape index (κ2) is 6.05. The van der Waals surface area contributed by atoms with Gasteiger partial charge in [-0.2, -0.15) is 18.3 Å². The van der Waals surface area contributed by atoms with Crippen LogP contribution < -0.4 is 0 Å². The van der Waals surface area contributed by atoms with Crippen molar-refractivity contribution >= 4 is 5.91 Å². The minimum absolute atomic E-state index is 0.0904. The van der Waals surface area contributed by atoms with Crippen LogP contribution in [0.1, 0.15) is 31.5 Å². The quantitative estimate of drug-likeness (QED) is 0.859. The Morgan fingerprint density at radius 3 is 2.52 bits per heavy atom. The number of alkyl halides is 3. The van der Waals surface area contributed by atoms with E-state index in [1.807, 2.05) is 0 Å².